The van der Waals surface area contributed by atoms with Gasteiger partial charge in [-0.3, -0.25) is 14.5 Å². The summed E-state index contributed by atoms with van der Waals surface area (Å²) in [7, 11) is 0. The van der Waals surface area contributed by atoms with Crippen LogP contribution in [-0.2, 0) is 16.1 Å². The van der Waals surface area contributed by atoms with Crippen molar-refractivity contribution >= 4 is 34.4 Å². The van der Waals surface area contributed by atoms with Gasteiger partial charge in [-0.25, -0.2) is 0 Å². The lowest BCUT2D eigenvalue weighted by Crippen LogP contribution is -2.73. The molecule has 2 saturated heterocycles. The molecule has 4 aliphatic rings. The molecule has 1 saturated carbocycles. The molecule has 198 valence electrons. The van der Waals surface area contributed by atoms with Gasteiger partial charge in [-0.1, -0.05) is 60.8 Å². The molecule has 2 amide bonds. The number of unbranched alkanes of at least 4 members (excludes halogenated alkanes) is 1. The molecule has 1 aromatic rings. The van der Waals surface area contributed by atoms with E-state index in [-0.39, 0.29) is 17.9 Å². The number of hydrogen-bond acceptors (Lipinski definition) is 5. The van der Waals surface area contributed by atoms with E-state index in [1.807, 2.05) is 11.0 Å². The lowest BCUT2D eigenvalue weighted by molar-refractivity contribution is -0.162. The van der Waals surface area contributed by atoms with Crippen LogP contribution in [0.1, 0.15) is 69.8 Å². The highest BCUT2D eigenvalue weighted by Crippen LogP contribution is 2.37. The van der Waals surface area contributed by atoms with Crippen molar-refractivity contribution in [3.8, 4) is 11.5 Å². The average Bonchev–Trinajstić information content (AvgIpc) is 2.91. The minimum atomic E-state index is -0.700. The fourth-order valence-corrected chi connectivity index (χ4v) is 7.04. The van der Waals surface area contributed by atoms with Crippen molar-refractivity contribution in [1.82, 2.24) is 15.1 Å². The van der Waals surface area contributed by atoms with Gasteiger partial charge in [0.1, 0.15) is 24.8 Å². The summed E-state index contributed by atoms with van der Waals surface area (Å²) < 4.78 is 12.5. The number of alkyl halides is 1. The van der Waals surface area contributed by atoms with Gasteiger partial charge < -0.3 is 19.7 Å². The van der Waals surface area contributed by atoms with Gasteiger partial charge in [-0.05, 0) is 60.1 Å². The van der Waals surface area contributed by atoms with Crippen LogP contribution in [0.4, 0.5) is 0 Å². The van der Waals surface area contributed by atoms with E-state index in [1.165, 1.54) is 37.7 Å². The number of amides is 2. The van der Waals surface area contributed by atoms with E-state index in [1.54, 1.807) is 0 Å². The normalized spacial score (nSPS) is 24.7. The number of halogens is 1. The van der Waals surface area contributed by atoms with Gasteiger partial charge in [0.2, 0.25) is 11.8 Å². The van der Waals surface area contributed by atoms with Crippen molar-refractivity contribution < 1.29 is 19.1 Å². The van der Waals surface area contributed by atoms with Crippen LogP contribution in [0.5, 0.6) is 11.5 Å². The third-order valence-electron chi connectivity index (χ3n) is 8.56. The van der Waals surface area contributed by atoms with Crippen molar-refractivity contribution in [2.24, 2.45) is 5.92 Å². The molecule has 0 aromatic heterocycles. The summed E-state index contributed by atoms with van der Waals surface area (Å²) in [4.78, 5) is 31.9. The summed E-state index contributed by atoms with van der Waals surface area (Å²) in [6, 6.07) is 5.81. The number of carbonyl (C=O) groups excluding carboxylic acids is 2. The zero-order valence-corrected chi connectivity index (χ0v) is 23.5. The molecule has 0 unspecified atom stereocenters. The Morgan fingerprint density at radius 2 is 1.75 bits per heavy atom. The average molecular weight is 610 g/mol. The second-order valence-corrected chi connectivity index (χ2v) is 12.0. The molecule has 5 rings (SSSR count). The van der Waals surface area contributed by atoms with Gasteiger partial charge in [0.25, 0.3) is 0 Å². The minimum absolute atomic E-state index is 0.0800. The molecular weight excluding hydrogens is 569 g/mol. The fraction of sp³-hybridized carbons (Fsp3) is 0.714. The topological polar surface area (TPSA) is 71.1 Å². The first-order valence-corrected chi connectivity index (χ1v) is 15.4. The Kier molecular flexibility index (Phi) is 8.60. The van der Waals surface area contributed by atoms with Crippen LogP contribution in [0, 0.1) is 5.92 Å². The molecule has 1 atom stereocenters. The monoisotopic (exact) mass is 609 g/mol. The number of benzene rings is 1. The molecule has 0 bridgehead atoms. The number of piperazine rings is 1. The number of nitrogens with zero attached hydrogens (tertiary/aromatic N) is 2. The second kappa shape index (κ2) is 11.9. The molecule has 1 spiro atoms. The molecule has 3 heterocycles. The van der Waals surface area contributed by atoms with Gasteiger partial charge in [0, 0.05) is 26.2 Å². The Morgan fingerprint density at radius 3 is 2.50 bits per heavy atom. The molecule has 1 N–H and O–H groups in total. The van der Waals surface area contributed by atoms with Crippen LogP contribution >= 0.6 is 22.6 Å². The summed E-state index contributed by atoms with van der Waals surface area (Å²) in [5, 5.41) is 3.21. The Balaban J connectivity index is 1.25. The predicted molar refractivity (Wildman–Crippen MR) is 148 cm³/mol. The van der Waals surface area contributed by atoms with Crippen LogP contribution in [-0.4, -0.2) is 70.5 Å². The van der Waals surface area contributed by atoms with Crippen molar-refractivity contribution in [3.05, 3.63) is 23.8 Å². The first-order chi connectivity index (χ1) is 17.6. The number of fused-ring (bicyclic) bond motifs is 1. The molecule has 36 heavy (non-hydrogen) atoms. The third kappa shape index (κ3) is 5.64. The second-order valence-electron chi connectivity index (χ2n) is 10.9. The Hall–Kier alpha value is -1.55. The maximum absolute atomic E-state index is 13.8. The SMILES string of the molecule is O=C1[C@@H](CC2CCCCC2)NC(=O)C2(CCN(Cc3ccc4c(c3)OCCO4)CC2)N1CCCCI. The molecule has 3 aliphatic heterocycles. The van der Waals surface area contributed by atoms with Crippen LogP contribution in [0.2, 0.25) is 0 Å². The first kappa shape index (κ1) is 26.1. The third-order valence-corrected chi connectivity index (χ3v) is 9.33. The minimum Gasteiger partial charge on any atom is -0.486 e. The summed E-state index contributed by atoms with van der Waals surface area (Å²) in [5.41, 5.74) is 0.486. The number of ether oxygens (including phenoxy) is 2. The summed E-state index contributed by atoms with van der Waals surface area (Å²) in [6.07, 6.45) is 10.4. The van der Waals surface area contributed by atoms with Gasteiger partial charge in [-0.15, -0.1) is 0 Å². The highest BCUT2D eigenvalue weighted by Gasteiger charge is 2.53. The summed E-state index contributed by atoms with van der Waals surface area (Å²) >= 11 is 2.40. The molecule has 3 fully saturated rings. The first-order valence-electron chi connectivity index (χ1n) is 13.9. The van der Waals surface area contributed by atoms with Crippen molar-refractivity contribution in [2.45, 2.75) is 82.3 Å². The van der Waals surface area contributed by atoms with E-state index >= 15 is 0 Å². The van der Waals surface area contributed by atoms with Crippen LogP contribution in [0.3, 0.4) is 0 Å². The standard InChI is InChI=1S/C28H40IN3O4/c29-12-4-5-13-32-26(33)23(18-21-6-2-1-3-7-21)30-27(34)28(32)10-14-31(15-11-28)20-22-8-9-24-25(19-22)36-17-16-35-24/h8-9,19,21,23H,1-7,10-18,20H2,(H,30,34)/t23-/m1/s1. The Bertz CT molecular complexity index is 927. The quantitative estimate of drug-likeness (QED) is 0.271. The maximum atomic E-state index is 13.8. The molecule has 1 aromatic carbocycles. The van der Waals surface area contributed by atoms with Gasteiger partial charge >= 0.3 is 0 Å². The summed E-state index contributed by atoms with van der Waals surface area (Å²) in [6.45, 7) is 4.27. The number of carbonyl (C=O) groups is 2. The van der Waals surface area contributed by atoms with E-state index < -0.39 is 5.54 Å². The van der Waals surface area contributed by atoms with E-state index in [0.717, 1.165) is 54.8 Å². The molecule has 0 radical (unpaired) electrons. The Labute approximate surface area is 228 Å². The lowest BCUT2D eigenvalue weighted by atomic mass is 9.79. The highest BCUT2D eigenvalue weighted by atomic mass is 127. The molecular formula is C28H40IN3O4. The van der Waals surface area contributed by atoms with Crippen LogP contribution in [0.25, 0.3) is 0 Å². The maximum Gasteiger partial charge on any atom is 0.246 e. The smallest absolute Gasteiger partial charge is 0.246 e. The van der Waals surface area contributed by atoms with Gasteiger partial charge in [0.05, 0.1) is 0 Å². The number of hydrogen-bond donors (Lipinski definition) is 1. The number of likely N-dealkylation sites (tertiary alicyclic amines) is 1. The van der Waals surface area contributed by atoms with Crippen LogP contribution in [0.15, 0.2) is 18.2 Å². The Morgan fingerprint density at radius 1 is 1.00 bits per heavy atom. The predicted octanol–water partition coefficient (Wildman–Crippen LogP) is 4.31. The highest BCUT2D eigenvalue weighted by molar-refractivity contribution is 14.1. The summed E-state index contributed by atoms with van der Waals surface area (Å²) in [5.74, 6) is 2.43. The van der Waals surface area contributed by atoms with Crippen molar-refractivity contribution in [2.75, 3.05) is 37.3 Å². The molecule has 7 nitrogen and oxygen atoms in total. The zero-order chi connectivity index (χ0) is 25.0. The number of nitrogens with one attached hydrogen (secondary N) is 1. The number of rotatable bonds is 8. The molecule has 1 aliphatic carbocycles. The van der Waals surface area contributed by atoms with Crippen LogP contribution < -0.4 is 14.8 Å². The van der Waals surface area contributed by atoms with Crippen molar-refractivity contribution in [1.29, 1.82) is 0 Å². The number of piperidine rings is 1. The van der Waals surface area contributed by atoms with E-state index in [9.17, 15) is 9.59 Å². The molecule has 8 heteroatoms. The van der Waals surface area contributed by atoms with E-state index in [4.69, 9.17) is 9.47 Å². The largest absolute Gasteiger partial charge is 0.486 e. The fourth-order valence-electron chi connectivity index (χ4n) is 6.50. The van der Waals surface area contributed by atoms with Gasteiger partial charge in [-0.2, -0.15) is 0 Å². The lowest BCUT2D eigenvalue weighted by Gasteiger charge is -2.52. The van der Waals surface area contributed by atoms with E-state index in [2.05, 4.69) is 44.9 Å². The van der Waals surface area contributed by atoms with Gasteiger partial charge in [0.15, 0.2) is 11.5 Å². The van der Waals surface area contributed by atoms with Crippen molar-refractivity contribution in [3.63, 3.8) is 0 Å². The zero-order valence-electron chi connectivity index (χ0n) is 21.3. The van der Waals surface area contributed by atoms with E-state index in [0.29, 0.717) is 38.5 Å².